The van der Waals surface area contributed by atoms with Gasteiger partial charge in [0.15, 0.2) is 0 Å². The summed E-state index contributed by atoms with van der Waals surface area (Å²) in [6.45, 7) is 6.84. The van der Waals surface area contributed by atoms with Gasteiger partial charge in [-0.2, -0.15) is 0 Å². The Hall–Kier alpha value is 0.0100. The molecule has 0 radical (unpaired) electrons. The van der Waals surface area contributed by atoms with Gasteiger partial charge in [0.25, 0.3) is 0 Å². The van der Waals surface area contributed by atoms with Crippen LogP contribution in [-0.2, 0) is 0 Å². The minimum atomic E-state index is 0.291. The third-order valence-corrected chi connectivity index (χ3v) is 7.19. The van der Waals surface area contributed by atoms with E-state index in [9.17, 15) is 0 Å². The van der Waals surface area contributed by atoms with Crippen LogP contribution in [0.15, 0.2) is 11.4 Å². The normalized spacial score (nSPS) is 27.2. The fraction of sp³-hybridized carbons (Fsp3) is 0.750. The molecule has 1 aromatic rings. The Morgan fingerprint density at radius 3 is 2.84 bits per heavy atom. The lowest BCUT2D eigenvalue weighted by Crippen LogP contribution is -2.28. The number of nitrogens with two attached hydrogens (primary N) is 1. The van der Waals surface area contributed by atoms with Crippen LogP contribution in [0.25, 0.3) is 0 Å². The van der Waals surface area contributed by atoms with Crippen molar-refractivity contribution in [3.63, 3.8) is 0 Å². The van der Waals surface area contributed by atoms with Crippen LogP contribution in [0.5, 0.6) is 0 Å². The fourth-order valence-electron chi connectivity index (χ4n) is 2.96. The highest BCUT2D eigenvalue weighted by Gasteiger charge is 2.28. The predicted molar refractivity (Wildman–Crippen MR) is 89.1 cm³/mol. The zero-order valence-electron chi connectivity index (χ0n) is 12.4. The maximum Gasteiger partial charge on any atom is 0.0547 e. The molecule has 2 N–H and O–H groups in total. The van der Waals surface area contributed by atoms with Crippen LogP contribution in [0.1, 0.15) is 61.6 Å². The quantitative estimate of drug-likeness (QED) is 0.813. The third kappa shape index (κ3) is 3.99. The maximum atomic E-state index is 6.41. The molecule has 19 heavy (non-hydrogen) atoms. The van der Waals surface area contributed by atoms with E-state index in [-0.39, 0.29) is 0 Å². The number of thioether (sulfide) groups is 1. The monoisotopic (exact) mass is 297 g/mol. The molecule has 0 amide bonds. The second-order valence-electron chi connectivity index (χ2n) is 5.99. The highest BCUT2D eigenvalue weighted by molar-refractivity contribution is 8.00. The summed E-state index contributed by atoms with van der Waals surface area (Å²) in [5.74, 6) is 0.897. The minimum Gasteiger partial charge on any atom is -0.326 e. The van der Waals surface area contributed by atoms with E-state index in [1.54, 1.807) is 0 Å². The summed E-state index contributed by atoms with van der Waals surface area (Å²) in [5, 5.41) is 3.53. The van der Waals surface area contributed by atoms with Crippen molar-refractivity contribution in [3.8, 4) is 0 Å². The van der Waals surface area contributed by atoms with Gasteiger partial charge in [0.05, 0.1) is 5.25 Å². The molecule has 1 saturated carbocycles. The molecule has 0 bridgehead atoms. The molecule has 2 rings (SSSR count). The zero-order chi connectivity index (χ0) is 13.8. The van der Waals surface area contributed by atoms with E-state index < -0.39 is 0 Å². The molecule has 108 valence electrons. The maximum absolute atomic E-state index is 6.41. The largest absolute Gasteiger partial charge is 0.326 e. The van der Waals surface area contributed by atoms with Crippen LogP contribution < -0.4 is 5.73 Å². The van der Waals surface area contributed by atoms with Gasteiger partial charge in [0, 0.05) is 16.2 Å². The van der Waals surface area contributed by atoms with Crippen molar-refractivity contribution in [2.45, 2.75) is 69.4 Å². The molecule has 0 spiro atoms. The molecule has 1 nitrogen and oxygen atoms in total. The number of aryl methyl sites for hydroxylation is 1. The Kier molecular flexibility index (Phi) is 5.79. The van der Waals surface area contributed by atoms with E-state index in [1.165, 1.54) is 36.1 Å². The van der Waals surface area contributed by atoms with Crippen molar-refractivity contribution in [3.05, 3.63) is 21.9 Å². The topological polar surface area (TPSA) is 26.0 Å². The van der Waals surface area contributed by atoms with E-state index in [2.05, 4.69) is 44.0 Å². The van der Waals surface area contributed by atoms with Crippen molar-refractivity contribution in [1.29, 1.82) is 0 Å². The van der Waals surface area contributed by atoms with Crippen LogP contribution >= 0.6 is 23.1 Å². The fourth-order valence-corrected chi connectivity index (χ4v) is 6.13. The molecule has 0 aromatic carbocycles. The SMILES string of the molecule is CCC(N)C(SC1CCCC(C)C1)c1sccc1C. The van der Waals surface area contributed by atoms with Gasteiger partial charge in [0.2, 0.25) is 0 Å². The molecule has 1 aliphatic rings. The molecule has 4 unspecified atom stereocenters. The Morgan fingerprint density at radius 1 is 1.47 bits per heavy atom. The van der Waals surface area contributed by atoms with Gasteiger partial charge in [-0.1, -0.05) is 26.7 Å². The lowest BCUT2D eigenvalue weighted by molar-refractivity contribution is 0.393. The van der Waals surface area contributed by atoms with E-state index >= 15 is 0 Å². The highest BCUT2D eigenvalue weighted by Crippen LogP contribution is 2.44. The predicted octanol–water partition coefficient (Wildman–Crippen LogP) is 5.15. The van der Waals surface area contributed by atoms with Gasteiger partial charge in [-0.15, -0.1) is 23.1 Å². The van der Waals surface area contributed by atoms with Gasteiger partial charge < -0.3 is 5.73 Å². The van der Waals surface area contributed by atoms with Crippen LogP contribution in [-0.4, -0.2) is 11.3 Å². The second kappa shape index (κ2) is 7.14. The minimum absolute atomic E-state index is 0.291. The van der Waals surface area contributed by atoms with Crippen molar-refractivity contribution < 1.29 is 0 Å². The first-order chi connectivity index (χ1) is 9.11. The van der Waals surface area contributed by atoms with Gasteiger partial charge in [-0.05, 0) is 49.1 Å². The van der Waals surface area contributed by atoms with Crippen LogP contribution in [0.3, 0.4) is 0 Å². The summed E-state index contributed by atoms with van der Waals surface area (Å²) in [7, 11) is 0. The smallest absolute Gasteiger partial charge is 0.0547 e. The van der Waals surface area contributed by atoms with Crippen molar-refractivity contribution in [2.24, 2.45) is 11.7 Å². The van der Waals surface area contributed by atoms with Crippen molar-refractivity contribution in [2.75, 3.05) is 0 Å². The summed E-state index contributed by atoms with van der Waals surface area (Å²) in [6, 6.07) is 2.53. The van der Waals surface area contributed by atoms with E-state index in [1.807, 2.05) is 11.3 Å². The first-order valence-electron chi connectivity index (χ1n) is 7.56. The molecular weight excluding hydrogens is 270 g/mol. The highest BCUT2D eigenvalue weighted by atomic mass is 32.2. The van der Waals surface area contributed by atoms with E-state index in [0.29, 0.717) is 11.3 Å². The zero-order valence-corrected chi connectivity index (χ0v) is 14.0. The second-order valence-corrected chi connectivity index (χ2v) is 8.38. The number of hydrogen-bond acceptors (Lipinski definition) is 3. The van der Waals surface area contributed by atoms with E-state index in [4.69, 9.17) is 5.73 Å². The molecule has 1 aliphatic carbocycles. The molecule has 1 heterocycles. The molecule has 1 fully saturated rings. The number of rotatable bonds is 5. The van der Waals surface area contributed by atoms with Gasteiger partial charge in [0.1, 0.15) is 0 Å². The lowest BCUT2D eigenvalue weighted by atomic mass is 9.90. The average Bonchev–Trinajstić information content (AvgIpc) is 2.81. The lowest BCUT2D eigenvalue weighted by Gasteiger charge is -2.31. The van der Waals surface area contributed by atoms with Gasteiger partial charge in [-0.3, -0.25) is 0 Å². The first-order valence-corrected chi connectivity index (χ1v) is 9.39. The standard InChI is InChI=1S/C16H27NS2/c1-4-14(17)16(15-12(3)8-9-18-15)19-13-7-5-6-11(2)10-13/h8-9,11,13-14,16H,4-7,10,17H2,1-3H3. The van der Waals surface area contributed by atoms with Crippen LogP contribution in [0, 0.1) is 12.8 Å². The number of thiophene rings is 1. The molecule has 4 atom stereocenters. The molecule has 0 saturated heterocycles. The summed E-state index contributed by atoms with van der Waals surface area (Å²) in [6.07, 6.45) is 6.64. The van der Waals surface area contributed by atoms with E-state index in [0.717, 1.165) is 17.6 Å². The summed E-state index contributed by atoms with van der Waals surface area (Å²) in [5.41, 5.74) is 7.84. The average molecular weight is 298 g/mol. The molecular formula is C16H27NS2. The van der Waals surface area contributed by atoms with Gasteiger partial charge >= 0.3 is 0 Å². The van der Waals surface area contributed by atoms with Crippen LogP contribution in [0.2, 0.25) is 0 Å². The van der Waals surface area contributed by atoms with Gasteiger partial charge in [-0.25, -0.2) is 0 Å². The van der Waals surface area contributed by atoms with Crippen LogP contribution in [0.4, 0.5) is 0 Å². The Bertz CT molecular complexity index is 388. The molecule has 1 aromatic heterocycles. The van der Waals surface area contributed by atoms with Crippen molar-refractivity contribution >= 4 is 23.1 Å². The molecule has 0 aliphatic heterocycles. The van der Waals surface area contributed by atoms with Crippen molar-refractivity contribution in [1.82, 2.24) is 0 Å². The third-order valence-electron chi connectivity index (χ3n) is 4.25. The Labute approximate surface area is 126 Å². The Morgan fingerprint density at radius 2 is 2.26 bits per heavy atom. The molecule has 3 heteroatoms. The number of hydrogen-bond donors (Lipinski definition) is 1. The first kappa shape index (κ1) is 15.4. The summed E-state index contributed by atoms with van der Waals surface area (Å²) in [4.78, 5) is 1.51. The summed E-state index contributed by atoms with van der Waals surface area (Å²) < 4.78 is 0. The summed E-state index contributed by atoms with van der Waals surface area (Å²) >= 11 is 4.05. The Balaban J connectivity index is 2.08.